The number of ether oxygens (including phenoxy) is 1. The Bertz CT molecular complexity index is 478. The fraction of sp³-hybridized carbons (Fsp3) is 0.385. The van der Waals surface area contributed by atoms with Crippen molar-refractivity contribution in [3.8, 4) is 11.8 Å². The van der Waals surface area contributed by atoms with Crippen LogP contribution >= 0.6 is 11.6 Å². The fourth-order valence-electron chi connectivity index (χ4n) is 1.26. The van der Waals surface area contributed by atoms with Crippen LogP contribution in [-0.2, 0) is 4.74 Å². The lowest BCUT2D eigenvalue weighted by Crippen LogP contribution is -2.11. The minimum absolute atomic E-state index is 0.314. The Morgan fingerprint density at radius 2 is 2.22 bits per heavy atom. The molecule has 0 saturated carbocycles. The van der Waals surface area contributed by atoms with Gasteiger partial charge in [0.1, 0.15) is 16.5 Å². The highest BCUT2D eigenvalue weighted by atomic mass is 35.5. The average Bonchev–Trinajstić information content (AvgIpc) is 2.35. The summed E-state index contributed by atoms with van der Waals surface area (Å²) in [5.41, 5.74) is 0.361. The SMILES string of the molecule is CCC#CCNc1nc(Cl)ccc1C(=O)OCC. The van der Waals surface area contributed by atoms with E-state index in [9.17, 15) is 4.79 Å². The Balaban J connectivity index is 2.86. The summed E-state index contributed by atoms with van der Waals surface area (Å²) in [7, 11) is 0. The molecule has 4 nitrogen and oxygen atoms in total. The molecule has 0 atom stereocenters. The monoisotopic (exact) mass is 266 g/mol. The van der Waals surface area contributed by atoms with Gasteiger partial charge in [-0.15, -0.1) is 5.92 Å². The number of carbonyl (C=O) groups excluding carboxylic acids is 1. The summed E-state index contributed by atoms with van der Waals surface area (Å²) in [6, 6.07) is 3.14. The number of carbonyl (C=O) groups is 1. The Morgan fingerprint density at radius 3 is 2.89 bits per heavy atom. The van der Waals surface area contributed by atoms with Gasteiger partial charge in [0, 0.05) is 6.42 Å². The van der Waals surface area contributed by atoms with Gasteiger partial charge in [0.05, 0.1) is 13.2 Å². The van der Waals surface area contributed by atoms with Crippen molar-refractivity contribution in [1.82, 2.24) is 4.98 Å². The first-order valence-corrected chi connectivity index (χ1v) is 6.10. The average molecular weight is 267 g/mol. The molecule has 1 aromatic heterocycles. The molecular weight excluding hydrogens is 252 g/mol. The molecule has 0 amide bonds. The van der Waals surface area contributed by atoms with Crippen molar-refractivity contribution < 1.29 is 9.53 Å². The lowest BCUT2D eigenvalue weighted by molar-refractivity contribution is 0.0527. The number of hydrogen-bond donors (Lipinski definition) is 1. The van der Waals surface area contributed by atoms with Gasteiger partial charge in [-0.1, -0.05) is 24.4 Å². The van der Waals surface area contributed by atoms with Crippen LogP contribution in [0.2, 0.25) is 5.15 Å². The van der Waals surface area contributed by atoms with Crippen LogP contribution < -0.4 is 5.32 Å². The van der Waals surface area contributed by atoms with Crippen LogP contribution in [-0.4, -0.2) is 24.1 Å². The van der Waals surface area contributed by atoms with E-state index < -0.39 is 5.97 Å². The minimum atomic E-state index is -0.424. The van der Waals surface area contributed by atoms with E-state index in [1.165, 1.54) is 0 Å². The predicted octanol–water partition coefficient (Wildman–Crippen LogP) is 2.74. The molecule has 0 saturated heterocycles. The number of rotatable bonds is 4. The first-order valence-electron chi connectivity index (χ1n) is 5.72. The van der Waals surface area contributed by atoms with Crippen molar-refractivity contribution in [3.63, 3.8) is 0 Å². The molecule has 0 aromatic carbocycles. The zero-order valence-corrected chi connectivity index (χ0v) is 11.2. The molecule has 5 heteroatoms. The Morgan fingerprint density at radius 1 is 1.44 bits per heavy atom. The maximum Gasteiger partial charge on any atom is 0.341 e. The highest BCUT2D eigenvalue weighted by Crippen LogP contribution is 2.17. The second-order valence-electron chi connectivity index (χ2n) is 3.31. The predicted molar refractivity (Wildman–Crippen MR) is 71.8 cm³/mol. The standard InChI is InChI=1S/C13H15ClN2O2/c1-3-5-6-9-15-12-10(13(17)18-4-2)7-8-11(14)16-12/h7-8H,3-4,9H2,1-2H3,(H,15,16). The summed E-state index contributed by atoms with van der Waals surface area (Å²) in [6.07, 6.45) is 0.787. The van der Waals surface area contributed by atoms with Gasteiger partial charge < -0.3 is 10.1 Å². The molecule has 0 bridgehead atoms. The smallest absolute Gasteiger partial charge is 0.341 e. The third-order valence-corrected chi connectivity index (χ3v) is 2.21. The summed E-state index contributed by atoms with van der Waals surface area (Å²) in [6.45, 7) is 4.44. The zero-order chi connectivity index (χ0) is 13.4. The van der Waals surface area contributed by atoms with Crippen LogP contribution in [0.5, 0.6) is 0 Å². The van der Waals surface area contributed by atoms with Gasteiger partial charge in [0.15, 0.2) is 0 Å². The number of pyridine rings is 1. The van der Waals surface area contributed by atoms with E-state index in [-0.39, 0.29) is 0 Å². The molecule has 96 valence electrons. The maximum absolute atomic E-state index is 11.7. The van der Waals surface area contributed by atoms with Gasteiger partial charge in [0.25, 0.3) is 0 Å². The number of halogens is 1. The van der Waals surface area contributed by atoms with Crippen molar-refractivity contribution in [1.29, 1.82) is 0 Å². The topological polar surface area (TPSA) is 51.2 Å². The van der Waals surface area contributed by atoms with Crippen LogP contribution in [0.4, 0.5) is 5.82 Å². The summed E-state index contributed by atoms with van der Waals surface area (Å²) in [5, 5.41) is 3.27. The quantitative estimate of drug-likeness (QED) is 0.517. The number of anilines is 1. The molecule has 0 unspecified atom stereocenters. The second-order valence-corrected chi connectivity index (χ2v) is 3.70. The number of esters is 1. The molecule has 0 radical (unpaired) electrons. The van der Waals surface area contributed by atoms with Crippen LogP contribution in [0.1, 0.15) is 30.6 Å². The molecule has 0 aliphatic rings. The first kappa shape index (κ1) is 14.3. The molecule has 0 aliphatic heterocycles. The van der Waals surface area contributed by atoms with Crippen molar-refractivity contribution >= 4 is 23.4 Å². The van der Waals surface area contributed by atoms with Gasteiger partial charge in [-0.25, -0.2) is 9.78 Å². The number of hydrogen-bond acceptors (Lipinski definition) is 4. The molecule has 1 rings (SSSR count). The van der Waals surface area contributed by atoms with Crippen molar-refractivity contribution in [3.05, 3.63) is 22.8 Å². The van der Waals surface area contributed by atoms with Crippen molar-refractivity contribution in [2.24, 2.45) is 0 Å². The molecule has 0 aliphatic carbocycles. The van der Waals surface area contributed by atoms with E-state index in [4.69, 9.17) is 16.3 Å². The number of nitrogens with one attached hydrogen (secondary N) is 1. The molecule has 1 heterocycles. The van der Waals surface area contributed by atoms with Gasteiger partial charge in [-0.3, -0.25) is 0 Å². The first-order chi connectivity index (χ1) is 8.69. The van der Waals surface area contributed by atoms with E-state index in [1.54, 1.807) is 19.1 Å². The lowest BCUT2D eigenvalue weighted by Gasteiger charge is -2.08. The molecule has 1 N–H and O–H groups in total. The minimum Gasteiger partial charge on any atom is -0.462 e. The van der Waals surface area contributed by atoms with Crippen molar-refractivity contribution in [2.75, 3.05) is 18.5 Å². The normalized spacial score (nSPS) is 9.28. The van der Waals surface area contributed by atoms with E-state index >= 15 is 0 Å². The van der Waals surface area contributed by atoms with E-state index in [1.807, 2.05) is 6.92 Å². The van der Waals surface area contributed by atoms with E-state index in [0.29, 0.717) is 29.7 Å². The molecule has 1 aromatic rings. The summed E-state index contributed by atoms with van der Waals surface area (Å²) < 4.78 is 4.94. The van der Waals surface area contributed by atoms with Gasteiger partial charge in [0.2, 0.25) is 0 Å². The zero-order valence-electron chi connectivity index (χ0n) is 10.4. The molecule has 0 spiro atoms. The van der Waals surface area contributed by atoms with Crippen LogP contribution in [0.15, 0.2) is 12.1 Å². The largest absolute Gasteiger partial charge is 0.462 e. The number of nitrogens with zero attached hydrogens (tertiary/aromatic N) is 1. The van der Waals surface area contributed by atoms with Crippen LogP contribution in [0.25, 0.3) is 0 Å². The summed E-state index contributed by atoms with van der Waals surface area (Å²) in [5.74, 6) is 5.79. The molecule has 18 heavy (non-hydrogen) atoms. The van der Waals surface area contributed by atoms with Crippen LogP contribution in [0, 0.1) is 11.8 Å². The van der Waals surface area contributed by atoms with Crippen LogP contribution in [0.3, 0.4) is 0 Å². The second kappa shape index (κ2) is 7.57. The fourth-order valence-corrected chi connectivity index (χ4v) is 1.41. The highest BCUT2D eigenvalue weighted by molar-refractivity contribution is 6.29. The van der Waals surface area contributed by atoms with Gasteiger partial charge in [-0.05, 0) is 19.1 Å². The lowest BCUT2D eigenvalue weighted by atomic mass is 10.2. The number of aromatic nitrogens is 1. The van der Waals surface area contributed by atoms with Gasteiger partial charge in [-0.2, -0.15) is 0 Å². The Hall–Kier alpha value is -1.73. The highest BCUT2D eigenvalue weighted by Gasteiger charge is 2.13. The van der Waals surface area contributed by atoms with Gasteiger partial charge >= 0.3 is 5.97 Å². The summed E-state index contributed by atoms with van der Waals surface area (Å²) in [4.78, 5) is 15.7. The maximum atomic E-state index is 11.7. The summed E-state index contributed by atoms with van der Waals surface area (Å²) >= 11 is 5.80. The molecule has 0 fully saturated rings. The Labute approximate surface area is 112 Å². The third kappa shape index (κ3) is 4.27. The van der Waals surface area contributed by atoms with E-state index in [2.05, 4.69) is 22.1 Å². The third-order valence-electron chi connectivity index (χ3n) is 2.00. The van der Waals surface area contributed by atoms with E-state index in [0.717, 1.165) is 6.42 Å². The molecular formula is C13H15ClN2O2. The Kier molecular flexibility index (Phi) is 6.03. The van der Waals surface area contributed by atoms with Crippen molar-refractivity contribution in [2.45, 2.75) is 20.3 Å².